The number of nitrogens with zero attached hydrogens (tertiary/aromatic N) is 2. The smallest absolute Gasteiger partial charge is 0.156 e. The van der Waals surface area contributed by atoms with Crippen molar-refractivity contribution in [2.24, 2.45) is 10.9 Å². The van der Waals surface area contributed by atoms with Crippen molar-refractivity contribution in [2.45, 2.75) is 38.8 Å². The van der Waals surface area contributed by atoms with Gasteiger partial charge in [-0.15, -0.1) is 11.3 Å². The van der Waals surface area contributed by atoms with Crippen molar-refractivity contribution in [1.82, 2.24) is 10.3 Å². The number of hydrogen-bond donors (Lipinski definition) is 3. The molecule has 1 rings (SSSR count). The maximum Gasteiger partial charge on any atom is 0.156 e. The number of aromatic nitrogens is 1. The van der Waals surface area contributed by atoms with Gasteiger partial charge in [0, 0.05) is 11.6 Å². The van der Waals surface area contributed by atoms with E-state index in [0.29, 0.717) is 0 Å². The number of nitrogens with two attached hydrogens (primary N) is 1. The molecule has 0 bridgehead atoms. The molecule has 1 heterocycles. The number of thiazole rings is 1. The molecule has 1 unspecified atom stereocenters. The van der Waals surface area contributed by atoms with E-state index in [2.05, 4.69) is 15.5 Å². The number of hydrogen-bond acceptors (Lipinski definition) is 5. The highest BCUT2D eigenvalue weighted by molar-refractivity contribution is 7.09. The Hall–Kier alpha value is -1.14. The molecule has 0 aliphatic rings. The number of nitrogens with one attached hydrogen (secondary N) is 1. The van der Waals surface area contributed by atoms with Gasteiger partial charge in [0.05, 0.1) is 11.6 Å². The van der Waals surface area contributed by atoms with E-state index in [0.717, 1.165) is 11.4 Å². The summed E-state index contributed by atoms with van der Waals surface area (Å²) >= 11 is 1.58. The second-order valence-electron chi connectivity index (χ2n) is 4.09. The van der Waals surface area contributed by atoms with Gasteiger partial charge in [0.2, 0.25) is 0 Å². The summed E-state index contributed by atoms with van der Waals surface area (Å²) in [7, 11) is 0. The van der Waals surface area contributed by atoms with Crippen LogP contribution in [0.25, 0.3) is 0 Å². The first-order valence-electron chi connectivity index (χ1n) is 5.16. The average Bonchev–Trinajstić information content (AvgIpc) is 2.78. The second kappa shape index (κ2) is 5.27. The molecule has 0 saturated heterocycles. The van der Waals surface area contributed by atoms with E-state index in [1.165, 1.54) is 0 Å². The van der Waals surface area contributed by atoms with Crippen molar-refractivity contribution < 1.29 is 5.21 Å². The Morgan fingerprint density at radius 1 is 1.75 bits per heavy atom. The Morgan fingerprint density at radius 3 is 2.88 bits per heavy atom. The maximum absolute atomic E-state index is 8.67. The minimum atomic E-state index is -0.288. The third-order valence-corrected chi connectivity index (χ3v) is 3.48. The van der Waals surface area contributed by atoms with Gasteiger partial charge in [-0.1, -0.05) is 12.1 Å². The average molecular weight is 242 g/mol. The zero-order valence-corrected chi connectivity index (χ0v) is 10.6. The molecule has 6 heteroatoms. The molecule has 0 radical (unpaired) electrons. The van der Waals surface area contributed by atoms with E-state index in [1.54, 1.807) is 17.5 Å². The van der Waals surface area contributed by atoms with Gasteiger partial charge < -0.3 is 10.9 Å². The van der Waals surface area contributed by atoms with Crippen LogP contribution in [0.5, 0.6) is 0 Å². The van der Waals surface area contributed by atoms with E-state index in [9.17, 15) is 0 Å². The first-order chi connectivity index (χ1) is 7.51. The Balaban J connectivity index is 2.79. The molecule has 1 aromatic heterocycles. The van der Waals surface area contributed by atoms with Crippen LogP contribution in [0.4, 0.5) is 0 Å². The molecule has 90 valence electrons. The van der Waals surface area contributed by atoms with Crippen LogP contribution in [0.3, 0.4) is 0 Å². The van der Waals surface area contributed by atoms with Crippen molar-refractivity contribution in [3.63, 3.8) is 0 Å². The van der Waals surface area contributed by atoms with Crippen LogP contribution >= 0.6 is 11.3 Å². The summed E-state index contributed by atoms with van der Waals surface area (Å²) in [5.41, 5.74) is 5.32. The first kappa shape index (κ1) is 12.9. The lowest BCUT2D eigenvalue weighted by molar-refractivity contribution is 0.308. The monoisotopic (exact) mass is 242 g/mol. The Morgan fingerprint density at radius 2 is 2.44 bits per heavy atom. The molecular weight excluding hydrogens is 224 g/mol. The van der Waals surface area contributed by atoms with Gasteiger partial charge in [-0.25, -0.2) is 4.98 Å². The SMILES string of the molecule is CCC(NC(C)(C)c1nccs1)/C(N)=N/O. The molecule has 1 atom stereocenters. The fraction of sp³-hybridized carbons (Fsp3) is 0.600. The van der Waals surface area contributed by atoms with Crippen molar-refractivity contribution >= 4 is 17.2 Å². The van der Waals surface area contributed by atoms with Crippen LogP contribution in [-0.4, -0.2) is 22.1 Å². The van der Waals surface area contributed by atoms with Gasteiger partial charge >= 0.3 is 0 Å². The second-order valence-corrected chi connectivity index (χ2v) is 4.99. The van der Waals surface area contributed by atoms with Crippen molar-refractivity contribution in [3.8, 4) is 0 Å². The highest BCUT2D eigenvalue weighted by Gasteiger charge is 2.27. The summed E-state index contributed by atoms with van der Waals surface area (Å²) in [5, 5.41) is 18.0. The van der Waals surface area contributed by atoms with Crippen LogP contribution in [0.15, 0.2) is 16.7 Å². The van der Waals surface area contributed by atoms with E-state index in [-0.39, 0.29) is 17.4 Å². The van der Waals surface area contributed by atoms with Crippen LogP contribution in [0.2, 0.25) is 0 Å². The number of oxime groups is 1. The van der Waals surface area contributed by atoms with Crippen LogP contribution in [-0.2, 0) is 5.54 Å². The molecule has 0 aliphatic carbocycles. The van der Waals surface area contributed by atoms with Gasteiger partial charge in [0.15, 0.2) is 5.84 Å². The molecule has 0 aromatic carbocycles. The Kier molecular flexibility index (Phi) is 4.26. The topological polar surface area (TPSA) is 83.5 Å². The third kappa shape index (κ3) is 2.93. The third-order valence-electron chi connectivity index (χ3n) is 2.38. The lowest BCUT2D eigenvalue weighted by atomic mass is 10.0. The largest absolute Gasteiger partial charge is 0.409 e. The summed E-state index contributed by atoms with van der Waals surface area (Å²) in [4.78, 5) is 4.27. The van der Waals surface area contributed by atoms with Crippen molar-refractivity contribution in [2.75, 3.05) is 0 Å². The molecule has 4 N–H and O–H groups in total. The normalized spacial score (nSPS) is 15.1. The highest BCUT2D eigenvalue weighted by atomic mass is 32.1. The molecule has 0 amide bonds. The first-order valence-corrected chi connectivity index (χ1v) is 6.04. The maximum atomic E-state index is 8.67. The number of rotatable bonds is 5. The zero-order valence-electron chi connectivity index (χ0n) is 9.77. The van der Waals surface area contributed by atoms with E-state index in [4.69, 9.17) is 10.9 Å². The zero-order chi connectivity index (χ0) is 12.2. The summed E-state index contributed by atoms with van der Waals surface area (Å²) in [6, 6.07) is -0.149. The summed E-state index contributed by atoms with van der Waals surface area (Å²) in [6.45, 7) is 6.03. The van der Waals surface area contributed by atoms with Crippen LogP contribution in [0.1, 0.15) is 32.2 Å². The summed E-state index contributed by atoms with van der Waals surface area (Å²) in [6.07, 6.45) is 2.53. The molecule has 1 aromatic rings. The van der Waals surface area contributed by atoms with Gasteiger partial charge in [-0.05, 0) is 20.3 Å². The molecule has 16 heavy (non-hydrogen) atoms. The van der Waals surface area contributed by atoms with Crippen LogP contribution in [0, 0.1) is 0 Å². The highest BCUT2D eigenvalue weighted by Crippen LogP contribution is 2.22. The number of amidine groups is 1. The fourth-order valence-corrected chi connectivity index (χ4v) is 2.21. The summed E-state index contributed by atoms with van der Waals surface area (Å²) < 4.78 is 0. The Labute approximate surface area is 99.4 Å². The predicted molar refractivity (Wildman–Crippen MR) is 65.8 cm³/mol. The van der Waals surface area contributed by atoms with E-state index < -0.39 is 0 Å². The van der Waals surface area contributed by atoms with Crippen molar-refractivity contribution in [1.29, 1.82) is 0 Å². The predicted octanol–water partition coefficient (Wildman–Crippen LogP) is 1.49. The van der Waals surface area contributed by atoms with E-state index >= 15 is 0 Å². The molecule has 0 fully saturated rings. The van der Waals surface area contributed by atoms with Gasteiger partial charge in [0.1, 0.15) is 5.01 Å². The minimum Gasteiger partial charge on any atom is -0.409 e. The molecular formula is C10H18N4OS. The van der Waals surface area contributed by atoms with Gasteiger partial charge in [-0.3, -0.25) is 5.32 Å². The van der Waals surface area contributed by atoms with Gasteiger partial charge in [-0.2, -0.15) is 0 Å². The lowest BCUT2D eigenvalue weighted by Gasteiger charge is -2.29. The molecule has 0 saturated carbocycles. The van der Waals surface area contributed by atoms with Crippen molar-refractivity contribution in [3.05, 3.63) is 16.6 Å². The standard InChI is InChI=1S/C10H18N4OS/c1-4-7(8(11)14-15)13-10(2,3)9-12-5-6-16-9/h5-7,13,15H,4H2,1-3H3,(H2,11,14). The Bertz CT molecular complexity index is 348. The summed E-state index contributed by atoms with van der Waals surface area (Å²) in [5.74, 6) is 0.201. The molecule has 5 nitrogen and oxygen atoms in total. The minimum absolute atomic E-state index is 0.149. The van der Waals surface area contributed by atoms with E-state index in [1.807, 2.05) is 26.2 Å². The molecule has 0 spiro atoms. The van der Waals surface area contributed by atoms with Gasteiger partial charge in [0.25, 0.3) is 0 Å². The molecule has 0 aliphatic heterocycles. The van der Waals surface area contributed by atoms with Crippen LogP contribution < -0.4 is 11.1 Å². The lowest BCUT2D eigenvalue weighted by Crippen LogP contribution is -2.49. The quantitative estimate of drug-likeness (QED) is 0.316. The fourth-order valence-electron chi connectivity index (χ4n) is 1.48.